The first-order valence-corrected chi connectivity index (χ1v) is 23.5. The zero-order valence-electron chi connectivity index (χ0n) is 51.3. The Morgan fingerprint density at radius 1 is 0.859 bits per heavy atom. The molecule has 19 nitrogen and oxygen atoms in total. The van der Waals surface area contributed by atoms with Gasteiger partial charge in [0.15, 0.2) is 0 Å². The maximum atomic E-state index is 13.9. The number of rotatable bonds is 15. The van der Waals surface area contributed by atoms with Crippen molar-refractivity contribution in [3.8, 4) is 5.75 Å². The number of nitro groups is 1. The van der Waals surface area contributed by atoms with Gasteiger partial charge in [-0.1, -0.05) is 55.0 Å². The Morgan fingerprint density at radius 3 is 1.73 bits per heavy atom. The monoisotopic (exact) mass is 1190 g/mol. The second-order valence-corrected chi connectivity index (χ2v) is 18.1. The van der Waals surface area contributed by atoms with Crippen molar-refractivity contribution in [3.63, 3.8) is 0 Å². The highest BCUT2D eigenvalue weighted by Crippen LogP contribution is 2.35. The molecule has 0 saturated heterocycles. The van der Waals surface area contributed by atoms with Crippen LogP contribution < -0.4 is 21.1 Å². The third-order valence-corrected chi connectivity index (χ3v) is 8.03. The molecule has 410 valence electrons. The van der Waals surface area contributed by atoms with Crippen LogP contribution in [0, 0.1) is 21.7 Å². The number of halogens is 6. The van der Waals surface area contributed by atoms with Crippen LogP contribution in [-0.2, 0) is 15.1 Å². The van der Waals surface area contributed by atoms with Crippen LogP contribution in [0.1, 0.15) is 100 Å². The molecular formula is C46H81Cl3F2IN11O8. The van der Waals surface area contributed by atoms with E-state index >= 15 is 0 Å². The summed E-state index contributed by atoms with van der Waals surface area (Å²) in [5, 5.41) is 26.9. The minimum absolute atomic E-state index is 0. The number of carbonyl (C=O) groups excluding carboxylic acids is 2. The number of aromatic nitrogens is 3. The van der Waals surface area contributed by atoms with Crippen LogP contribution in [-0.4, -0.2) is 160 Å². The number of benzene rings is 2. The van der Waals surface area contributed by atoms with E-state index < -0.39 is 64.0 Å². The first kappa shape index (κ1) is 56.4. The summed E-state index contributed by atoms with van der Waals surface area (Å²) in [7, 11) is 7.64. The molecule has 3 rings (SSSR count). The van der Waals surface area contributed by atoms with Gasteiger partial charge in [-0.15, -0.1) is 23.2 Å². The number of hydrogen-bond donors (Lipinski definition) is 4. The van der Waals surface area contributed by atoms with Crippen molar-refractivity contribution in [2.45, 2.75) is 99.4 Å². The lowest BCUT2D eigenvalue weighted by molar-refractivity contribution is -0.387. The number of hydrogen-bond acceptors (Lipinski definition) is 16. The van der Waals surface area contributed by atoms with Gasteiger partial charge in [-0.25, -0.2) is 23.9 Å². The molecular weight excluding hydrogens is 1110 g/mol. The standard InChI is InChI=1S/C19H17ClF2N6O4.C10H22N2O2.C8H18N2O2.C6H15N.CH2Cl2.CH3I.CH4/c1-19(2,29)9-4-11(21)10(20)5-13(9)25-17-23-8-24-18(27-17)26-14-7-15(28(30)31)12(22)6-16(14)32-3;1-10(2,3)14-9(13)12(6)8-7-11(4)5;1-8(2,3)12-7(11)10(4)6-5-9;1-4-5-6-7(2)3;2-1-3;1-2;/h4-8,29H,1-3H3,(H2,23,24,25,26,27);7-8H2,1-6H3;5-6,9H2,1-4H3;4-6H2,1-3H3;1H2;1H3;1H4/i;4D3;;2D3;;1D3;. The van der Waals surface area contributed by atoms with Crippen molar-refractivity contribution < 1.29 is 54.9 Å². The van der Waals surface area contributed by atoms with E-state index in [-0.39, 0.29) is 65.0 Å². The summed E-state index contributed by atoms with van der Waals surface area (Å²) in [4.78, 5) is 48.6. The molecule has 5 N–H and O–H groups in total. The van der Waals surface area contributed by atoms with Gasteiger partial charge in [0, 0.05) is 76.0 Å². The zero-order chi connectivity index (χ0) is 62.7. The number of aliphatic hydroxyl groups is 1. The molecule has 1 heterocycles. The Balaban J connectivity index is -0.000000506. The minimum Gasteiger partial charge on any atom is -0.494 e. The van der Waals surface area contributed by atoms with Crippen LogP contribution in [0.4, 0.5) is 47.3 Å². The summed E-state index contributed by atoms with van der Waals surface area (Å²) in [5.41, 5.74) is 2.62. The van der Waals surface area contributed by atoms with Crippen molar-refractivity contribution >= 4 is 98.5 Å². The number of alkyl halides is 3. The smallest absolute Gasteiger partial charge is 0.410 e. The van der Waals surface area contributed by atoms with E-state index in [1.807, 2.05) is 27.7 Å². The van der Waals surface area contributed by atoms with Crippen molar-refractivity contribution in [1.82, 2.24) is 34.6 Å². The van der Waals surface area contributed by atoms with Gasteiger partial charge < -0.3 is 55.3 Å². The minimum atomic E-state index is -2.13. The highest BCUT2D eigenvalue weighted by atomic mass is 127. The van der Waals surface area contributed by atoms with Gasteiger partial charge >= 0.3 is 17.9 Å². The number of amides is 2. The quantitative estimate of drug-likeness (QED) is 0.0480. The van der Waals surface area contributed by atoms with Crippen molar-refractivity contribution in [2.24, 2.45) is 5.73 Å². The van der Waals surface area contributed by atoms with Crippen molar-refractivity contribution in [1.29, 1.82) is 0 Å². The molecule has 2 aromatic carbocycles. The molecule has 0 aliphatic carbocycles. The first-order chi connectivity index (χ1) is 35.7. The molecule has 0 bridgehead atoms. The summed E-state index contributed by atoms with van der Waals surface area (Å²) < 4.78 is 104. The van der Waals surface area contributed by atoms with Crippen LogP contribution in [0.5, 0.6) is 5.75 Å². The number of methoxy groups -OCH3 is 1. The average molecular weight is 1200 g/mol. The third-order valence-electron chi connectivity index (χ3n) is 7.74. The van der Waals surface area contributed by atoms with Gasteiger partial charge in [0.05, 0.1) is 33.7 Å². The number of carbonyl (C=O) groups is 2. The van der Waals surface area contributed by atoms with E-state index in [0.29, 0.717) is 26.2 Å². The Labute approximate surface area is 462 Å². The van der Waals surface area contributed by atoms with Crippen LogP contribution in [0.2, 0.25) is 5.02 Å². The number of nitrogens with zero attached hydrogens (tertiary/aromatic N) is 8. The van der Waals surface area contributed by atoms with Gasteiger partial charge in [-0.3, -0.25) is 10.1 Å². The lowest BCUT2D eigenvalue weighted by Crippen LogP contribution is -2.37. The zero-order valence-corrected chi connectivity index (χ0v) is 46.7. The van der Waals surface area contributed by atoms with Crippen LogP contribution in [0.3, 0.4) is 0 Å². The summed E-state index contributed by atoms with van der Waals surface area (Å²) in [5.74, 6) is -1.86. The van der Waals surface area contributed by atoms with E-state index in [1.54, 1.807) is 41.9 Å². The molecule has 0 aliphatic rings. The van der Waals surface area contributed by atoms with Gasteiger partial charge in [0.2, 0.25) is 17.7 Å². The number of nitrogens with one attached hydrogen (secondary N) is 2. The van der Waals surface area contributed by atoms with E-state index in [9.17, 15) is 33.6 Å². The fraction of sp³-hybridized carbons (Fsp3) is 0.630. The normalized spacial score (nSPS) is 13.0. The number of likely N-dealkylation sites (N-methyl/N-ethyl adjacent to an activating group) is 3. The fourth-order valence-corrected chi connectivity index (χ4v) is 4.68. The van der Waals surface area contributed by atoms with E-state index in [4.69, 9.17) is 67.1 Å². The van der Waals surface area contributed by atoms with Crippen LogP contribution >= 0.6 is 57.4 Å². The van der Waals surface area contributed by atoms with Gasteiger partial charge in [-0.05, 0) is 113 Å². The largest absolute Gasteiger partial charge is 0.494 e. The molecule has 0 spiro atoms. The average Bonchev–Trinajstić information content (AvgIpc) is 3.27. The number of nitrogens with two attached hydrogens (primary N) is 1. The molecule has 0 atom stereocenters. The summed E-state index contributed by atoms with van der Waals surface area (Å²) >= 11 is 16.8. The lowest BCUT2D eigenvalue weighted by atomic mass is 9.96. The molecule has 0 saturated carbocycles. The topological polar surface area (TPSA) is 227 Å². The maximum absolute atomic E-state index is 13.9. The number of unbranched alkanes of at least 4 members (excludes halogenated alkanes) is 1. The van der Waals surface area contributed by atoms with Gasteiger partial charge in [-0.2, -0.15) is 9.37 Å². The van der Waals surface area contributed by atoms with Crippen molar-refractivity contribution in [2.75, 3.05) is 103 Å². The van der Waals surface area contributed by atoms with Crippen LogP contribution in [0.25, 0.3) is 0 Å². The van der Waals surface area contributed by atoms with Gasteiger partial charge in [0.1, 0.15) is 29.1 Å². The summed E-state index contributed by atoms with van der Waals surface area (Å²) in [6.45, 7) is 14.0. The van der Waals surface area contributed by atoms with Crippen LogP contribution in [0.15, 0.2) is 30.6 Å². The second-order valence-electron chi connectivity index (χ2n) is 16.9. The molecule has 0 aliphatic heterocycles. The molecule has 1 aromatic heterocycles. The summed E-state index contributed by atoms with van der Waals surface area (Å²) in [6, 6.07) is 4.16. The first-order valence-electron chi connectivity index (χ1n) is 25.5. The summed E-state index contributed by atoms with van der Waals surface area (Å²) in [6.07, 6.45) is 2.36. The van der Waals surface area contributed by atoms with Gasteiger partial charge in [0.25, 0.3) is 0 Å². The highest BCUT2D eigenvalue weighted by Gasteiger charge is 2.24. The fourth-order valence-electron chi connectivity index (χ4n) is 4.52. The lowest BCUT2D eigenvalue weighted by Gasteiger charge is -2.25. The predicted molar refractivity (Wildman–Crippen MR) is 295 cm³/mol. The molecule has 0 unspecified atom stereocenters. The highest BCUT2D eigenvalue weighted by molar-refractivity contribution is 14.1. The molecule has 2 amide bonds. The second kappa shape index (κ2) is 37.8. The SMILES string of the molecule is C.CN(CCN)C(=O)OC(C)(C)C.COc1cc(F)c([N+](=O)[O-])cc1Nc1ncnc(Nc2cc(Cl)c(F)cc2C(C)(C)O)n1.ClCCl.[2H]C([2H])([2H])I.[2H]C([2H])([2H])N(C)CCCC.[2H]C([2H])([2H])N(C)CCN(C)C(=O)OC(C)(C)C. The molecule has 25 heteroatoms. The molecule has 0 radical (unpaired) electrons. The van der Waals surface area contributed by atoms with Crippen molar-refractivity contribution in [3.05, 3.63) is 62.9 Å². The van der Waals surface area contributed by atoms with E-state index in [0.717, 1.165) is 37.4 Å². The van der Waals surface area contributed by atoms with E-state index in [2.05, 4.69) is 25.6 Å². The predicted octanol–water partition coefficient (Wildman–Crippen LogP) is 11.1. The van der Waals surface area contributed by atoms with E-state index in [1.165, 1.54) is 76.3 Å². The Morgan fingerprint density at radius 2 is 1.32 bits per heavy atom. The Kier molecular flexibility index (Phi) is 30.0. The Bertz CT molecular complexity index is 2300. The molecule has 3 aromatic rings. The number of ether oxygens (including phenoxy) is 3. The maximum Gasteiger partial charge on any atom is 0.410 e. The molecule has 71 heavy (non-hydrogen) atoms. The molecule has 0 fully saturated rings. The number of anilines is 4. The third kappa shape index (κ3) is 35.0. The number of nitro benzene ring substituents is 1. The Hall–Kier alpha value is -3.91.